The van der Waals surface area contributed by atoms with Gasteiger partial charge in [0, 0.05) is 20.2 Å². The number of halogens is 1. The van der Waals surface area contributed by atoms with Crippen molar-refractivity contribution in [2.75, 3.05) is 26.8 Å². The molecule has 7 nitrogen and oxygen atoms in total. The molecule has 0 aliphatic rings. The molecule has 0 spiro atoms. The predicted octanol–water partition coefficient (Wildman–Crippen LogP) is 3.31. The lowest BCUT2D eigenvalue weighted by atomic mass is 9.98. The van der Waals surface area contributed by atoms with Crippen molar-refractivity contribution in [1.29, 1.82) is 0 Å². The van der Waals surface area contributed by atoms with Gasteiger partial charge in [-0.3, -0.25) is 0 Å². The maximum atomic E-state index is 5.10. The van der Waals surface area contributed by atoms with Gasteiger partial charge in [0.2, 0.25) is 0 Å². The van der Waals surface area contributed by atoms with E-state index >= 15 is 0 Å². The maximum Gasteiger partial charge on any atom is 0.191 e. The fourth-order valence-corrected chi connectivity index (χ4v) is 3.01. The van der Waals surface area contributed by atoms with Gasteiger partial charge in [-0.2, -0.15) is 5.10 Å². The summed E-state index contributed by atoms with van der Waals surface area (Å²) in [5.41, 5.74) is 4.73. The number of methoxy groups -OCH3 is 1. The van der Waals surface area contributed by atoms with Crippen LogP contribution in [0.25, 0.3) is 11.1 Å². The normalized spacial score (nSPS) is 11.1. The fraction of sp³-hybridized carbons (Fsp3) is 0.318. The van der Waals surface area contributed by atoms with Crippen LogP contribution in [0.5, 0.6) is 0 Å². The van der Waals surface area contributed by atoms with Crippen LogP contribution in [0.1, 0.15) is 18.1 Å². The average Bonchev–Trinajstić information content (AvgIpc) is 3.26. The second-order valence-corrected chi connectivity index (χ2v) is 6.56. The number of rotatable bonds is 9. The van der Waals surface area contributed by atoms with Gasteiger partial charge >= 0.3 is 0 Å². The Morgan fingerprint density at radius 1 is 1.10 bits per heavy atom. The highest BCUT2D eigenvalue weighted by Gasteiger charge is 2.06. The van der Waals surface area contributed by atoms with Gasteiger partial charge in [-0.1, -0.05) is 48.5 Å². The van der Waals surface area contributed by atoms with E-state index in [1.807, 2.05) is 4.68 Å². The van der Waals surface area contributed by atoms with Crippen molar-refractivity contribution in [3.8, 4) is 11.1 Å². The molecule has 0 radical (unpaired) electrons. The second kappa shape index (κ2) is 13.0. The quantitative estimate of drug-likeness (QED) is 0.196. The van der Waals surface area contributed by atoms with Crippen LogP contribution in [-0.2, 0) is 17.8 Å². The molecule has 0 amide bonds. The van der Waals surface area contributed by atoms with Gasteiger partial charge in [0.25, 0.3) is 0 Å². The lowest BCUT2D eigenvalue weighted by Crippen LogP contribution is -2.38. The van der Waals surface area contributed by atoms with Crippen LogP contribution >= 0.6 is 24.0 Å². The number of nitrogens with zero attached hydrogens (tertiary/aromatic N) is 4. The number of aliphatic imine (C=N–C) groups is 1. The molecule has 30 heavy (non-hydrogen) atoms. The summed E-state index contributed by atoms with van der Waals surface area (Å²) in [5, 5.41) is 10.7. The summed E-state index contributed by atoms with van der Waals surface area (Å²) in [5.74, 6) is 0.794. The SMILES string of the molecule is CCNC(=NCc1ccccc1-c1ccc(Cn2cncn2)cc1)NCCOC.I. The minimum atomic E-state index is 0. The molecule has 0 aliphatic carbocycles. The molecule has 0 unspecified atom stereocenters. The molecule has 160 valence electrons. The van der Waals surface area contributed by atoms with Crippen molar-refractivity contribution in [3.05, 3.63) is 72.3 Å². The van der Waals surface area contributed by atoms with E-state index in [-0.39, 0.29) is 24.0 Å². The number of ether oxygens (including phenoxy) is 1. The van der Waals surface area contributed by atoms with Crippen LogP contribution in [0.4, 0.5) is 0 Å². The summed E-state index contributed by atoms with van der Waals surface area (Å²) >= 11 is 0. The molecule has 3 rings (SSSR count). The van der Waals surface area contributed by atoms with E-state index in [0.29, 0.717) is 19.7 Å². The van der Waals surface area contributed by atoms with Gasteiger partial charge in [-0.05, 0) is 29.2 Å². The monoisotopic (exact) mass is 520 g/mol. The molecular weight excluding hydrogens is 491 g/mol. The molecular formula is C22H29IN6O. The van der Waals surface area contributed by atoms with Crippen LogP contribution in [0.15, 0.2) is 66.2 Å². The lowest BCUT2D eigenvalue weighted by molar-refractivity contribution is 0.203. The molecule has 0 fully saturated rings. The minimum absolute atomic E-state index is 0. The standard InChI is InChI=1S/C22H28N6O.HI/c1-3-24-22(25-12-13-29-2)26-14-20-6-4-5-7-21(20)19-10-8-18(9-11-19)15-28-17-23-16-27-28;/h4-11,16-17H,3,12-15H2,1-2H3,(H2,24,25,26);1H. The summed E-state index contributed by atoms with van der Waals surface area (Å²) in [6.45, 7) is 5.54. The van der Waals surface area contributed by atoms with Gasteiger partial charge in [0.15, 0.2) is 5.96 Å². The summed E-state index contributed by atoms with van der Waals surface area (Å²) in [6, 6.07) is 16.9. The van der Waals surface area contributed by atoms with E-state index in [1.165, 1.54) is 22.3 Å². The van der Waals surface area contributed by atoms with Crippen molar-refractivity contribution in [2.45, 2.75) is 20.0 Å². The van der Waals surface area contributed by atoms with Gasteiger partial charge in [-0.25, -0.2) is 14.7 Å². The van der Waals surface area contributed by atoms with Gasteiger partial charge in [0.1, 0.15) is 12.7 Å². The first-order chi connectivity index (χ1) is 14.3. The Hall–Kier alpha value is -2.46. The van der Waals surface area contributed by atoms with E-state index in [4.69, 9.17) is 9.73 Å². The number of benzene rings is 2. The first-order valence-corrected chi connectivity index (χ1v) is 9.81. The lowest BCUT2D eigenvalue weighted by Gasteiger charge is -2.12. The van der Waals surface area contributed by atoms with E-state index in [0.717, 1.165) is 19.0 Å². The Kier molecular flexibility index (Phi) is 10.3. The number of hydrogen-bond donors (Lipinski definition) is 2. The molecule has 0 saturated heterocycles. The molecule has 3 aromatic rings. The van der Waals surface area contributed by atoms with Gasteiger partial charge in [-0.15, -0.1) is 24.0 Å². The van der Waals surface area contributed by atoms with E-state index in [9.17, 15) is 0 Å². The van der Waals surface area contributed by atoms with Gasteiger partial charge < -0.3 is 15.4 Å². The largest absolute Gasteiger partial charge is 0.383 e. The molecule has 0 saturated carbocycles. The fourth-order valence-electron chi connectivity index (χ4n) is 3.01. The topological polar surface area (TPSA) is 76.4 Å². The Labute approximate surface area is 195 Å². The Morgan fingerprint density at radius 3 is 2.60 bits per heavy atom. The van der Waals surface area contributed by atoms with E-state index in [2.05, 4.69) is 76.2 Å². The smallest absolute Gasteiger partial charge is 0.191 e. The van der Waals surface area contributed by atoms with Crippen molar-refractivity contribution >= 4 is 29.9 Å². The van der Waals surface area contributed by atoms with Crippen LogP contribution in [0.2, 0.25) is 0 Å². The molecule has 8 heteroatoms. The summed E-state index contributed by atoms with van der Waals surface area (Å²) in [4.78, 5) is 8.72. The van der Waals surface area contributed by atoms with E-state index in [1.54, 1.807) is 19.8 Å². The van der Waals surface area contributed by atoms with Crippen LogP contribution in [0, 0.1) is 0 Å². The van der Waals surface area contributed by atoms with Crippen molar-refractivity contribution in [2.24, 2.45) is 4.99 Å². The summed E-state index contributed by atoms with van der Waals surface area (Å²) in [6.07, 6.45) is 3.28. The van der Waals surface area contributed by atoms with Crippen molar-refractivity contribution in [3.63, 3.8) is 0 Å². The highest BCUT2D eigenvalue weighted by atomic mass is 127. The zero-order valence-corrected chi connectivity index (χ0v) is 19.7. The number of aromatic nitrogens is 3. The van der Waals surface area contributed by atoms with Gasteiger partial charge in [0.05, 0.1) is 19.7 Å². The molecule has 0 aliphatic heterocycles. The van der Waals surface area contributed by atoms with Crippen LogP contribution in [0.3, 0.4) is 0 Å². The molecule has 0 atom stereocenters. The first kappa shape index (κ1) is 23.8. The predicted molar refractivity (Wildman–Crippen MR) is 131 cm³/mol. The number of nitrogens with one attached hydrogen (secondary N) is 2. The number of hydrogen-bond acceptors (Lipinski definition) is 4. The summed E-state index contributed by atoms with van der Waals surface area (Å²) in [7, 11) is 1.69. The third-order valence-corrected chi connectivity index (χ3v) is 4.44. The highest BCUT2D eigenvalue weighted by Crippen LogP contribution is 2.25. The molecule has 2 aromatic carbocycles. The maximum absolute atomic E-state index is 5.10. The highest BCUT2D eigenvalue weighted by molar-refractivity contribution is 14.0. The Bertz CT molecular complexity index is 896. The zero-order valence-electron chi connectivity index (χ0n) is 17.4. The second-order valence-electron chi connectivity index (χ2n) is 6.56. The van der Waals surface area contributed by atoms with Crippen LogP contribution < -0.4 is 10.6 Å². The molecule has 0 bridgehead atoms. The third-order valence-electron chi connectivity index (χ3n) is 4.44. The Morgan fingerprint density at radius 2 is 1.90 bits per heavy atom. The third kappa shape index (κ3) is 7.10. The minimum Gasteiger partial charge on any atom is -0.383 e. The zero-order chi connectivity index (χ0) is 20.3. The van der Waals surface area contributed by atoms with Crippen molar-refractivity contribution in [1.82, 2.24) is 25.4 Å². The first-order valence-electron chi connectivity index (χ1n) is 9.81. The molecule has 1 aromatic heterocycles. The average molecular weight is 520 g/mol. The van der Waals surface area contributed by atoms with Crippen molar-refractivity contribution < 1.29 is 4.74 Å². The number of guanidine groups is 1. The molecule has 2 N–H and O–H groups in total. The summed E-state index contributed by atoms with van der Waals surface area (Å²) < 4.78 is 6.91. The molecule has 1 heterocycles. The van der Waals surface area contributed by atoms with Crippen LogP contribution in [-0.4, -0.2) is 47.5 Å². The van der Waals surface area contributed by atoms with E-state index < -0.39 is 0 Å². The Balaban J connectivity index is 0.00000320.